The molecule has 1 aromatic carbocycles. The fourth-order valence-corrected chi connectivity index (χ4v) is 1.87. The van der Waals surface area contributed by atoms with Crippen molar-refractivity contribution >= 4 is 21.8 Å². The molecule has 9 heteroatoms. The minimum atomic E-state index is -4.93. The highest BCUT2D eigenvalue weighted by atomic mass is 79.9. The minimum Gasteiger partial charge on any atom is -0.405 e. The lowest BCUT2D eigenvalue weighted by Gasteiger charge is -2.21. The van der Waals surface area contributed by atoms with E-state index < -0.39 is 30.2 Å². The van der Waals surface area contributed by atoms with E-state index in [1.807, 2.05) is 0 Å². The number of benzene rings is 1. The summed E-state index contributed by atoms with van der Waals surface area (Å²) in [5.41, 5.74) is -0.242. The van der Waals surface area contributed by atoms with Gasteiger partial charge in [-0.1, -0.05) is 22.0 Å². The van der Waals surface area contributed by atoms with Crippen molar-refractivity contribution in [1.82, 2.24) is 5.32 Å². The summed E-state index contributed by atoms with van der Waals surface area (Å²) in [6, 6.07) is 3.61. The van der Waals surface area contributed by atoms with Crippen molar-refractivity contribution in [3.63, 3.8) is 0 Å². The topological polar surface area (TPSA) is 78.8 Å². The molecule has 21 heavy (non-hydrogen) atoms. The van der Waals surface area contributed by atoms with Crippen molar-refractivity contribution in [2.24, 2.45) is 0 Å². The second-order valence-electron chi connectivity index (χ2n) is 4.18. The summed E-state index contributed by atoms with van der Waals surface area (Å²) in [4.78, 5) is 10.7. The lowest BCUT2D eigenvalue weighted by Crippen LogP contribution is -2.34. The van der Waals surface area contributed by atoms with Crippen LogP contribution < -0.4 is 10.1 Å². The van der Waals surface area contributed by atoms with Crippen molar-refractivity contribution in [1.29, 1.82) is 0 Å². The van der Waals surface area contributed by atoms with Gasteiger partial charge in [0.05, 0.1) is 0 Å². The molecule has 5 nitrogen and oxygen atoms in total. The first-order valence-electron chi connectivity index (χ1n) is 5.76. The zero-order chi connectivity index (χ0) is 16.2. The van der Waals surface area contributed by atoms with Gasteiger partial charge in [0.2, 0.25) is 5.91 Å². The van der Waals surface area contributed by atoms with Gasteiger partial charge in [-0.05, 0) is 12.1 Å². The minimum absolute atomic E-state index is 0.242. The molecule has 0 fully saturated rings. The number of halogens is 4. The highest BCUT2D eigenvalue weighted by Crippen LogP contribution is 2.34. The summed E-state index contributed by atoms with van der Waals surface area (Å²) >= 11 is 2.99. The first-order valence-corrected chi connectivity index (χ1v) is 6.55. The maximum atomic E-state index is 12.3. The van der Waals surface area contributed by atoms with E-state index in [4.69, 9.17) is 0 Å². The van der Waals surface area contributed by atoms with Gasteiger partial charge in [-0.3, -0.25) is 4.79 Å². The number of aliphatic hydroxyl groups excluding tert-OH is 2. The Labute approximate surface area is 126 Å². The second-order valence-corrected chi connectivity index (χ2v) is 5.09. The van der Waals surface area contributed by atoms with E-state index in [1.165, 1.54) is 19.1 Å². The number of carbonyl (C=O) groups excluding carboxylic acids is 1. The summed E-state index contributed by atoms with van der Waals surface area (Å²) in [5.74, 6) is -1.07. The van der Waals surface area contributed by atoms with Gasteiger partial charge in [0.25, 0.3) is 0 Å². The molecule has 0 saturated carbocycles. The van der Waals surface area contributed by atoms with Crippen LogP contribution >= 0.6 is 15.9 Å². The molecule has 3 N–H and O–H groups in total. The third kappa shape index (κ3) is 5.90. The first kappa shape index (κ1) is 17.7. The van der Waals surface area contributed by atoms with Crippen molar-refractivity contribution in [3.05, 3.63) is 28.2 Å². The number of rotatable bonds is 5. The Morgan fingerprint density at radius 1 is 1.43 bits per heavy atom. The Bertz CT molecular complexity index is 510. The van der Waals surface area contributed by atoms with Crippen LogP contribution in [0.15, 0.2) is 22.7 Å². The molecule has 0 saturated heterocycles. The van der Waals surface area contributed by atoms with Crippen LogP contribution in [0.1, 0.15) is 18.6 Å². The van der Waals surface area contributed by atoms with Crippen LogP contribution in [0.4, 0.5) is 13.2 Å². The summed E-state index contributed by atoms with van der Waals surface area (Å²) in [5, 5.41) is 21.9. The van der Waals surface area contributed by atoms with E-state index in [1.54, 1.807) is 0 Å². The fourth-order valence-electron chi connectivity index (χ4n) is 1.53. The van der Waals surface area contributed by atoms with E-state index in [9.17, 15) is 28.2 Å². The maximum absolute atomic E-state index is 12.3. The average molecular weight is 372 g/mol. The predicted octanol–water partition coefficient (Wildman–Crippen LogP) is 1.88. The van der Waals surface area contributed by atoms with E-state index in [-0.39, 0.29) is 12.1 Å². The highest BCUT2D eigenvalue weighted by Gasteiger charge is 2.34. The third-order valence-corrected chi connectivity index (χ3v) is 2.94. The SMILES string of the molecule is CC(=O)NCC(O)C(O)c1ccc(Br)cc1OC(F)(F)F. The van der Waals surface area contributed by atoms with Gasteiger partial charge in [-0.15, -0.1) is 13.2 Å². The number of amides is 1. The van der Waals surface area contributed by atoms with E-state index >= 15 is 0 Å². The third-order valence-electron chi connectivity index (χ3n) is 2.44. The number of aliphatic hydroxyl groups is 2. The van der Waals surface area contributed by atoms with Crippen LogP contribution in [0, 0.1) is 0 Å². The van der Waals surface area contributed by atoms with Crippen molar-refractivity contribution < 1.29 is 32.9 Å². The highest BCUT2D eigenvalue weighted by molar-refractivity contribution is 9.10. The quantitative estimate of drug-likeness (QED) is 0.738. The fraction of sp³-hybridized carbons (Fsp3) is 0.417. The lowest BCUT2D eigenvalue weighted by atomic mass is 10.0. The van der Waals surface area contributed by atoms with Gasteiger partial charge in [0.15, 0.2) is 0 Å². The smallest absolute Gasteiger partial charge is 0.405 e. The summed E-state index contributed by atoms with van der Waals surface area (Å²) in [6.07, 6.45) is -8.06. The van der Waals surface area contributed by atoms with Crippen molar-refractivity contribution in [2.75, 3.05) is 6.54 Å². The summed E-state index contributed by atoms with van der Waals surface area (Å²) in [6.45, 7) is 0.898. The maximum Gasteiger partial charge on any atom is 0.573 e. The van der Waals surface area contributed by atoms with E-state index in [2.05, 4.69) is 26.0 Å². The Morgan fingerprint density at radius 2 is 2.05 bits per heavy atom. The monoisotopic (exact) mass is 371 g/mol. The Morgan fingerprint density at radius 3 is 2.57 bits per heavy atom. The normalized spacial score (nSPS) is 14.4. The van der Waals surface area contributed by atoms with Gasteiger partial charge in [-0.2, -0.15) is 0 Å². The van der Waals surface area contributed by atoms with Crippen LogP contribution in [0.25, 0.3) is 0 Å². The molecule has 0 aliphatic carbocycles. The molecule has 1 aromatic rings. The Balaban J connectivity index is 2.97. The van der Waals surface area contributed by atoms with Gasteiger partial charge < -0.3 is 20.3 Å². The molecule has 118 valence electrons. The van der Waals surface area contributed by atoms with Gasteiger partial charge in [-0.25, -0.2) is 0 Å². The molecule has 0 aliphatic rings. The lowest BCUT2D eigenvalue weighted by molar-refractivity contribution is -0.275. The molecule has 0 heterocycles. The number of hydrogen-bond donors (Lipinski definition) is 3. The molecule has 1 rings (SSSR count). The number of alkyl halides is 3. The molecule has 0 bridgehead atoms. The van der Waals surface area contributed by atoms with Crippen molar-refractivity contribution in [2.45, 2.75) is 25.5 Å². The molecule has 1 amide bonds. The molecule has 2 atom stereocenters. The zero-order valence-corrected chi connectivity index (χ0v) is 12.4. The van der Waals surface area contributed by atoms with Gasteiger partial charge in [0.1, 0.15) is 18.0 Å². The standard InChI is InChI=1S/C12H13BrF3NO4/c1-6(18)17-5-9(19)11(20)8-3-2-7(13)4-10(8)21-12(14,15)16/h2-4,9,11,19-20H,5H2,1H3,(H,17,18). The first-order chi connectivity index (χ1) is 9.60. The molecular weight excluding hydrogens is 359 g/mol. The molecule has 0 radical (unpaired) electrons. The zero-order valence-electron chi connectivity index (χ0n) is 10.8. The van der Waals surface area contributed by atoms with Crippen LogP contribution in [-0.2, 0) is 4.79 Å². The summed E-state index contributed by atoms with van der Waals surface area (Å²) < 4.78 is 41.1. The number of ether oxygens (including phenoxy) is 1. The van der Waals surface area contributed by atoms with Crippen LogP contribution in [-0.4, -0.2) is 35.1 Å². The molecule has 0 aromatic heterocycles. The van der Waals surface area contributed by atoms with Crippen molar-refractivity contribution in [3.8, 4) is 5.75 Å². The predicted molar refractivity (Wildman–Crippen MR) is 70.5 cm³/mol. The average Bonchev–Trinajstić information content (AvgIpc) is 2.33. The van der Waals surface area contributed by atoms with Gasteiger partial charge >= 0.3 is 6.36 Å². The van der Waals surface area contributed by atoms with Gasteiger partial charge in [0, 0.05) is 23.5 Å². The largest absolute Gasteiger partial charge is 0.573 e. The number of nitrogens with one attached hydrogen (secondary N) is 1. The molecule has 0 spiro atoms. The van der Waals surface area contributed by atoms with E-state index in [0.717, 1.165) is 6.07 Å². The summed E-state index contributed by atoms with van der Waals surface area (Å²) in [7, 11) is 0. The Hall–Kier alpha value is -1.32. The second kappa shape index (κ2) is 7.10. The number of hydrogen-bond acceptors (Lipinski definition) is 4. The Kier molecular flexibility index (Phi) is 5.99. The number of carbonyl (C=O) groups is 1. The molecular formula is C12H13BrF3NO4. The van der Waals surface area contributed by atoms with Crippen LogP contribution in [0.3, 0.4) is 0 Å². The van der Waals surface area contributed by atoms with Crippen LogP contribution in [0.5, 0.6) is 5.75 Å². The van der Waals surface area contributed by atoms with E-state index in [0.29, 0.717) is 4.47 Å². The molecule has 0 aliphatic heterocycles. The molecule has 2 unspecified atom stereocenters. The van der Waals surface area contributed by atoms with Crippen LogP contribution in [0.2, 0.25) is 0 Å².